The van der Waals surface area contributed by atoms with E-state index in [1.165, 1.54) is 0 Å². The van der Waals surface area contributed by atoms with Crippen molar-refractivity contribution in [2.45, 2.75) is 19.5 Å². The molecule has 4 heteroatoms. The summed E-state index contributed by atoms with van der Waals surface area (Å²) in [5, 5.41) is 4.45. The second kappa shape index (κ2) is 6.54. The molecule has 2 aromatic heterocycles. The summed E-state index contributed by atoms with van der Waals surface area (Å²) >= 11 is 0. The normalized spacial score (nSPS) is 12.5. The molecule has 1 aromatic carbocycles. The average Bonchev–Trinajstić information content (AvgIpc) is 3.04. The molecular formula is C18H20N4. The lowest BCUT2D eigenvalue weighted by atomic mass is 10.2. The van der Waals surface area contributed by atoms with E-state index in [1.807, 2.05) is 47.4 Å². The zero-order chi connectivity index (χ0) is 15.4. The maximum atomic E-state index is 4.45. The third-order valence-corrected chi connectivity index (χ3v) is 3.91. The minimum atomic E-state index is 0.250. The van der Waals surface area contributed by atoms with E-state index in [1.54, 1.807) is 0 Å². The molecule has 1 unspecified atom stereocenters. The highest BCUT2D eigenvalue weighted by atomic mass is 15.3. The van der Waals surface area contributed by atoms with Gasteiger partial charge in [-0.3, -0.25) is 9.88 Å². The Morgan fingerprint density at radius 3 is 2.50 bits per heavy atom. The lowest BCUT2D eigenvalue weighted by Gasteiger charge is -2.24. The second-order valence-corrected chi connectivity index (χ2v) is 5.42. The summed E-state index contributed by atoms with van der Waals surface area (Å²) in [6, 6.07) is 18.6. The highest BCUT2D eigenvalue weighted by Crippen LogP contribution is 2.19. The Morgan fingerprint density at radius 2 is 1.77 bits per heavy atom. The molecule has 0 saturated carbocycles. The Morgan fingerprint density at radius 1 is 1.00 bits per heavy atom. The summed E-state index contributed by atoms with van der Waals surface area (Å²) in [6.07, 6.45) is 3.69. The topological polar surface area (TPSA) is 34.0 Å². The van der Waals surface area contributed by atoms with Crippen LogP contribution in [-0.2, 0) is 6.54 Å². The van der Waals surface area contributed by atoms with Crippen molar-refractivity contribution >= 4 is 0 Å². The maximum absolute atomic E-state index is 4.45. The second-order valence-electron chi connectivity index (χ2n) is 5.42. The molecule has 0 aliphatic carbocycles. The van der Waals surface area contributed by atoms with Gasteiger partial charge in [-0.2, -0.15) is 5.10 Å². The first-order valence-corrected chi connectivity index (χ1v) is 7.45. The summed E-state index contributed by atoms with van der Waals surface area (Å²) in [7, 11) is 2.11. The van der Waals surface area contributed by atoms with E-state index in [4.69, 9.17) is 0 Å². The number of rotatable bonds is 5. The van der Waals surface area contributed by atoms with E-state index in [2.05, 4.69) is 53.2 Å². The quantitative estimate of drug-likeness (QED) is 0.722. The highest BCUT2D eigenvalue weighted by Gasteiger charge is 2.15. The fourth-order valence-corrected chi connectivity index (χ4v) is 2.49. The van der Waals surface area contributed by atoms with Gasteiger partial charge in [-0.15, -0.1) is 0 Å². The molecular weight excluding hydrogens is 272 g/mol. The molecule has 3 aromatic rings. The Hall–Kier alpha value is -2.46. The number of aromatic nitrogens is 3. The zero-order valence-corrected chi connectivity index (χ0v) is 12.9. The predicted molar refractivity (Wildman–Crippen MR) is 87.7 cm³/mol. The number of benzene rings is 1. The van der Waals surface area contributed by atoms with Crippen LogP contribution in [0, 0.1) is 0 Å². The largest absolute Gasteiger partial charge is 0.292 e. The number of para-hydroxylation sites is 1. The van der Waals surface area contributed by atoms with Gasteiger partial charge in [-0.25, -0.2) is 4.68 Å². The number of hydrogen-bond donors (Lipinski definition) is 0. The average molecular weight is 292 g/mol. The summed E-state index contributed by atoms with van der Waals surface area (Å²) in [5.74, 6) is 0. The van der Waals surface area contributed by atoms with Crippen molar-refractivity contribution in [3.8, 4) is 5.69 Å². The van der Waals surface area contributed by atoms with Crippen LogP contribution in [0.2, 0.25) is 0 Å². The first kappa shape index (κ1) is 14.5. The molecule has 0 spiro atoms. The van der Waals surface area contributed by atoms with E-state index < -0.39 is 0 Å². The smallest absolute Gasteiger partial charge is 0.0649 e. The molecule has 3 rings (SSSR count). The first-order valence-electron chi connectivity index (χ1n) is 7.45. The predicted octanol–water partition coefficient (Wildman–Crippen LogP) is 3.46. The van der Waals surface area contributed by atoms with Gasteiger partial charge in [0, 0.05) is 25.0 Å². The van der Waals surface area contributed by atoms with Crippen LogP contribution in [0.25, 0.3) is 5.69 Å². The number of pyridine rings is 1. The summed E-state index contributed by atoms with van der Waals surface area (Å²) in [5.41, 5.74) is 3.33. The van der Waals surface area contributed by atoms with Gasteiger partial charge in [0.1, 0.15) is 0 Å². The minimum absolute atomic E-state index is 0.250. The number of hydrogen-bond acceptors (Lipinski definition) is 3. The lowest BCUT2D eigenvalue weighted by Crippen LogP contribution is -2.24. The van der Waals surface area contributed by atoms with Crippen molar-refractivity contribution < 1.29 is 0 Å². The van der Waals surface area contributed by atoms with Gasteiger partial charge in [0.25, 0.3) is 0 Å². The minimum Gasteiger partial charge on any atom is -0.292 e. The number of nitrogens with zero attached hydrogens (tertiary/aromatic N) is 4. The van der Waals surface area contributed by atoms with Crippen LogP contribution in [0.1, 0.15) is 24.4 Å². The SMILES string of the molecule is CC(c1ccccn1)N(C)Cc1ccnn1-c1ccccc1. The third kappa shape index (κ3) is 3.07. The molecule has 0 aliphatic rings. The van der Waals surface area contributed by atoms with Crippen LogP contribution in [-0.4, -0.2) is 26.7 Å². The molecule has 0 amide bonds. The van der Waals surface area contributed by atoms with Gasteiger partial charge in [-0.1, -0.05) is 24.3 Å². The van der Waals surface area contributed by atoms with Crippen molar-refractivity contribution in [1.29, 1.82) is 0 Å². The van der Waals surface area contributed by atoms with E-state index in [0.29, 0.717) is 0 Å². The zero-order valence-electron chi connectivity index (χ0n) is 12.9. The van der Waals surface area contributed by atoms with Gasteiger partial charge in [0.2, 0.25) is 0 Å². The molecule has 0 bridgehead atoms. The fraction of sp³-hybridized carbons (Fsp3) is 0.222. The van der Waals surface area contributed by atoms with E-state index in [9.17, 15) is 0 Å². The van der Waals surface area contributed by atoms with Crippen LogP contribution in [0.4, 0.5) is 0 Å². The van der Waals surface area contributed by atoms with Crippen molar-refractivity contribution in [2.75, 3.05) is 7.05 Å². The van der Waals surface area contributed by atoms with Gasteiger partial charge in [0.15, 0.2) is 0 Å². The monoisotopic (exact) mass is 292 g/mol. The molecule has 22 heavy (non-hydrogen) atoms. The van der Waals surface area contributed by atoms with Crippen LogP contribution in [0.3, 0.4) is 0 Å². The Kier molecular flexibility index (Phi) is 4.30. The van der Waals surface area contributed by atoms with Crippen molar-refractivity contribution in [2.24, 2.45) is 0 Å². The first-order chi connectivity index (χ1) is 10.8. The van der Waals surface area contributed by atoms with E-state index >= 15 is 0 Å². The molecule has 0 N–H and O–H groups in total. The van der Waals surface area contributed by atoms with Crippen LogP contribution >= 0.6 is 0 Å². The summed E-state index contributed by atoms with van der Waals surface area (Å²) in [4.78, 5) is 6.72. The van der Waals surface area contributed by atoms with E-state index in [0.717, 1.165) is 23.6 Å². The molecule has 0 aliphatic heterocycles. The van der Waals surface area contributed by atoms with Crippen molar-refractivity contribution in [3.05, 3.63) is 78.4 Å². The van der Waals surface area contributed by atoms with Crippen molar-refractivity contribution in [3.63, 3.8) is 0 Å². The Bertz CT molecular complexity index is 706. The van der Waals surface area contributed by atoms with Gasteiger partial charge < -0.3 is 0 Å². The van der Waals surface area contributed by atoms with Gasteiger partial charge in [-0.05, 0) is 44.3 Å². The van der Waals surface area contributed by atoms with Crippen LogP contribution < -0.4 is 0 Å². The fourth-order valence-electron chi connectivity index (χ4n) is 2.49. The van der Waals surface area contributed by atoms with Crippen molar-refractivity contribution in [1.82, 2.24) is 19.7 Å². The molecule has 0 fully saturated rings. The van der Waals surface area contributed by atoms with Gasteiger partial charge >= 0.3 is 0 Å². The molecule has 112 valence electrons. The highest BCUT2D eigenvalue weighted by molar-refractivity contribution is 5.32. The van der Waals surface area contributed by atoms with E-state index in [-0.39, 0.29) is 6.04 Å². The molecule has 4 nitrogen and oxygen atoms in total. The van der Waals surface area contributed by atoms with Crippen LogP contribution in [0.15, 0.2) is 67.0 Å². The van der Waals surface area contributed by atoms with Gasteiger partial charge in [0.05, 0.1) is 17.1 Å². The van der Waals surface area contributed by atoms with Crippen LogP contribution in [0.5, 0.6) is 0 Å². The lowest BCUT2D eigenvalue weighted by molar-refractivity contribution is 0.243. The molecule has 1 atom stereocenters. The molecule has 0 saturated heterocycles. The standard InChI is InChI=1S/C18H20N4/c1-15(18-10-6-7-12-19-18)21(2)14-17-11-13-20-22(17)16-8-4-3-5-9-16/h3-13,15H,14H2,1-2H3. The Balaban J connectivity index is 1.78. The summed E-state index contributed by atoms with van der Waals surface area (Å²) < 4.78 is 1.99. The Labute approximate surface area is 131 Å². The molecule has 2 heterocycles. The third-order valence-electron chi connectivity index (χ3n) is 3.91. The summed E-state index contributed by atoms with van der Waals surface area (Å²) in [6.45, 7) is 2.98. The maximum Gasteiger partial charge on any atom is 0.0649 e. The molecule has 0 radical (unpaired) electrons.